The second-order valence-corrected chi connectivity index (χ2v) is 4.49. The van der Waals surface area contributed by atoms with Crippen molar-refractivity contribution in [3.63, 3.8) is 0 Å². The van der Waals surface area contributed by atoms with Crippen molar-refractivity contribution in [2.75, 3.05) is 13.1 Å². The van der Waals surface area contributed by atoms with Gasteiger partial charge in [0.05, 0.1) is 4.47 Å². The van der Waals surface area contributed by atoms with E-state index in [-0.39, 0.29) is 5.82 Å². The molecule has 1 aromatic rings. The second-order valence-electron chi connectivity index (χ2n) is 3.70. The van der Waals surface area contributed by atoms with Crippen molar-refractivity contribution in [3.05, 3.63) is 39.6 Å². The molecule has 1 fully saturated rings. The van der Waals surface area contributed by atoms with E-state index in [0.29, 0.717) is 4.47 Å². The van der Waals surface area contributed by atoms with E-state index in [2.05, 4.69) is 27.3 Å². The van der Waals surface area contributed by atoms with Gasteiger partial charge in [-0.3, -0.25) is 0 Å². The summed E-state index contributed by atoms with van der Waals surface area (Å²) >= 11 is 3.27. The van der Waals surface area contributed by atoms with Gasteiger partial charge in [0.2, 0.25) is 0 Å². The smallest absolute Gasteiger partial charge is 0.137 e. The molecular formula is C12H13BrFN. The molecule has 1 aromatic carbocycles. The van der Waals surface area contributed by atoms with Gasteiger partial charge >= 0.3 is 0 Å². The van der Waals surface area contributed by atoms with E-state index >= 15 is 0 Å². The molecule has 0 aromatic heterocycles. The molecule has 0 saturated carbocycles. The first-order chi connectivity index (χ1) is 7.27. The van der Waals surface area contributed by atoms with Gasteiger partial charge in [0.15, 0.2) is 0 Å². The van der Waals surface area contributed by atoms with Crippen LogP contribution in [0.4, 0.5) is 4.39 Å². The normalized spacial score (nSPS) is 16.5. The maximum Gasteiger partial charge on any atom is 0.137 e. The lowest BCUT2D eigenvalue weighted by atomic mass is 10.0. The molecule has 0 atom stereocenters. The lowest BCUT2D eigenvalue weighted by Crippen LogP contribution is -2.22. The van der Waals surface area contributed by atoms with E-state index < -0.39 is 0 Å². The lowest BCUT2D eigenvalue weighted by molar-refractivity contribution is 0.612. The van der Waals surface area contributed by atoms with Gasteiger partial charge in [0, 0.05) is 0 Å². The van der Waals surface area contributed by atoms with Gasteiger partial charge in [-0.15, -0.1) is 0 Å². The van der Waals surface area contributed by atoms with Crippen molar-refractivity contribution in [3.8, 4) is 0 Å². The number of hydrogen-bond donors (Lipinski definition) is 1. The Morgan fingerprint density at radius 1 is 1.27 bits per heavy atom. The number of piperidine rings is 1. The fourth-order valence-electron chi connectivity index (χ4n) is 1.74. The first-order valence-corrected chi connectivity index (χ1v) is 5.91. The van der Waals surface area contributed by atoms with Crippen molar-refractivity contribution in [2.45, 2.75) is 12.8 Å². The summed E-state index contributed by atoms with van der Waals surface area (Å²) in [7, 11) is 0. The summed E-state index contributed by atoms with van der Waals surface area (Å²) in [6.45, 7) is 2.05. The summed E-state index contributed by atoms with van der Waals surface area (Å²) < 4.78 is 13.8. The number of nitrogens with one attached hydrogen (secondary N) is 1. The molecule has 1 N–H and O–H groups in total. The maximum absolute atomic E-state index is 13.2. The van der Waals surface area contributed by atoms with Gasteiger partial charge in [-0.05, 0) is 53.5 Å². The molecule has 2 rings (SSSR count). The van der Waals surface area contributed by atoms with Crippen molar-refractivity contribution >= 4 is 22.0 Å². The summed E-state index contributed by atoms with van der Waals surface area (Å²) in [5.74, 6) is -0.196. The van der Waals surface area contributed by atoms with E-state index in [4.69, 9.17) is 0 Å². The Bertz CT molecular complexity index is 379. The molecule has 1 aliphatic rings. The third-order valence-electron chi connectivity index (χ3n) is 2.59. The molecule has 0 spiro atoms. The predicted octanol–water partition coefficient (Wildman–Crippen LogP) is 3.36. The minimum Gasteiger partial charge on any atom is -0.316 e. The average molecular weight is 270 g/mol. The average Bonchev–Trinajstić information content (AvgIpc) is 2.26. The van der Waals surface area contributed by atoms with Crippen LogP contribution in [0.1, 0.15) is 18.4 Å². The van der Waals surface area contributed by atoms with Crippen LogP contribution in [0.3, 0.4) is 0 Å². The molecule has 0 amide bonds. The Hall–Kier alpha value is -0.670. The highest BCUT2D eigenvalue weighted by molar-refractivity contribution is 9.10. The summed E-state index contributed by atoms with van der Waals surface area (Å²) in [6.07, 6.45) is 4.21. The summed E-state index contributed by atoms with van der Waals surface area (Å²) in [6, 6.07) is 5.14. The topological polar surface area (TPSA) is 12.0 Å². The zero-order valence-electron chi connectivity index (χ0n) is 8.39. The number of benzene rings is 1. The quantitative estimate of drug-likeness (QED) is 0.825. The zero-order chi connectivity index (χ0) is 10.7. The fraction of sp³-hybridized carbons (Fsp3) is 0.333. The van der Waals surface area contributed by atoms with Crippen LogP contribution in [0.25, 0.3) is 6.08 Å². The number of hydrogen-bond acceptors (Lipinski definition) is 1. The van der Waals surface area contributed by atoms with Gasteiger partial charge < -0.3 is 5.32 Å². The van der Waals surface area contributed by atoms with Crippen molar-refractivity contribution < 1.29 is 4.39 Å². The molecule has 1 aliphatic heterocycles. The van der Waals surface area contributed by atoms with E-state index in [1.807, 2.05) is 6.07 Å². The highest BCUT2D eigenvalue weighted by Crippen LogP contribution is 2.24. The maximum atomic E-state index is 13.2. The Morgan fingerprint density at radius 2 is 2.00 bits per heavy atom. The lowest BCUT2D eigenvalue weighted by Gasteiger charge is -2.15. The molecule has 0 radical (unpaired) electrons. The first-order valence-electron chi connectivity index (χ1n) is 5.11. The van der Waals surface area contributed by atoms with Gasteiger partial charge in [-0.1, -0.05) is 23.8 Å². The summed E-state index contributed by atoms with van der Waals surface area (Å²) in [5.41, 5.74) is 2.33. The monoisotopic (exact) mass is 269 g/mol. The Morgan fingerprint density at radius 3 is 2.73 bits per heavy atom. The largest absolute Gasteiger partial charge is 0.316 e. The fourth-order valence-corrected chi connectivity index (χ4v) is 2.12. The van der Waals surface area contributed by atoms with E-state index in [1.54, 1.807) is 6.07 Å². The van der Waals surface area contributed by atoms with Gasteiger partial charge in [-0.25, -0.2) is 4.39 Å². The van der Waals surface area contributed by atoms with Crippen LogP contribution < -0.4 is 5.32 Å². The Kier molecular flexibility index (Phi) is 3.54. The molecular weight excluding hydrogens is 257 g/mol. The van der Waals surface area contributed by atoms with Gasteiger partial charge in [0.1, 0.15) is 5.82 Å². The third kappa shape index (κ3) is 2.67. The van der Waals surface area contributed by atoms with Crippen LogP contribution >= 0.6 is 15.9 Å². The summed E-state index contributed by atoms with van der Waals surface area (Å²) in [5, 5.41) is 3.30. The zero-order valence-corrected chi connectivity index (χ0v) is 9.98. The van der Waals surface area contributed by atoms with Crippen molar-refractivity contribution in [1.82, 2.24) is 5.32 Å². The molecule has 1 saturated heterocycles. The predicted molar refractivity (Wildman–Crippen MR) is 64.2 cm³/mol. The number of halogens is 2. The van der Waals surface area contributed by atoms with Crippen LogP contribution in [0.15, 0.2) is 28.2 Å². The SMILES string of the molecule is Fc1cccc(C=C2CCNCC2)c1Br. The van der Waals surface area contributed by atoms with Crippen LogP contribution in [-0.4, -0.2) is 13.1 Å². The molecule has 1 heterocycles. The molecule has 0 aliphatic carbocycles. The standard InChI is InChI=1S/C12H13BrFN/c13-12-10(2-1-3-11(12)14)8-9-4-6-15-7-5-9/h1-3,8,15H,4-7H2. The van der Waals surface area contributed by atoms with Crippen LogP contribution in [-0.2, 0) is 0 Å². The molecule has 0 bridgehead atoms. The molecule has 1 nitrogen and oxygen atoms in total. The van der Waals surface area contributed by atoms with Crippen LogP contribution in [0, 0.1) is 5.82 Å². The molecule has 80 valence electrons. The first kappa shape index (κ1) is 10.8. The van der Waals surface area contributed by atoms with Crippen molar-refractivity contribution in [1.29, 1.82) is 0 Å². The Labute approximate surface area is 97.5 Å². The van der Waals surface area contributed by atoms with Crippen LogP contribution in [0.2, 0.25) is 0 Å². The molecule has 15 heavy (non-hydrogen) atoms. The van der Waals surface area contributed by atoms with Crippen LogP contribution in [0.5, 0.6) is 0 Å². The minimum absolute atomic E-state index is 0.196. The molecule has 0 unspecified atom stereocenters. The summed E-state index contributed by atoms with van der Waals surface area (Å²) in [4.78, 5) is 0. The van der Waals surface area contributed by atoms with Gasteiger partial charge in [0.25, 0.3) is 0 Å². The third-order valence-corrected chi connectivity index (χ3v) is 3.42. The van der Waals surface area contributed by atoms with E-state index in [1.165, 1.54) is 11.6 Å². The highest BCUT2D eigenvalue weighted by Gasteiger charge is 2.07. The minimum atomic E-state index is -0.196. The highest BCUT2D eigenvalue weighted by atomic mass is 79.9. The van der Waals surface area contributed by atoms with Gasteiger partial charge in [-0.2, -0.15) is 0 Å². The van der Waals surface area contributed by atoms with Crippen molar-refractivity contribution in [2.24, 2.45) is 0 Å². The number of rotatable bonds is 1. The molecule has 3 heteroatoms. The van der Waals surface area contributed by atoms with E-state index in [9.17, 15) is 4.39 Å². The second kappa shape index (κ2) is 4.90. The Balaban J connectivity index is 2.25. The van der Waals surface area contributed by atoms with E-state index in [0.717, 1.165) is 31.5 Å².